The van der Waals surface area contributed by atoms with Crippen LogP contribution in [0.15, 0.2) is 33.8 Å². The van der Waals surface area contributed by atoms with E-state index in [0.29, 0.717) is 0 Å². The van der Waals surface area contributed by atoms with E-state index in [4.69, 9.17) is 0 Å². The van der Waals surface area contributed by atoms with Gasteiger partial charge in [-0.2, -0.15) is 5.10 Å². The van der Waals surface area contributed by atoms with Crippen LogP contribution in [0.1, 0.15) is 5.56 Å². The van der Waals surface area contributed by atoms with Gasteiger partial charge in [-0.25, -0.2) is 15.0 Å². The summed E-state index contributed by atoms with van der Waals surface area (Å²) in [5, 5.41) is 11.5. The second-order valence-corrected chi connectivity index (χ2v) is 5.88. The monoisotopic (exact) mass is 380 g/mol. The Morgan fingerprint density at radius 2 is 2.00 bits per heavy atom. The minimum Gasteiger partial charge on any atom is -0.314 e. The van der Waals surface area contributed by atoms with Crippen molar-refractivity contribution >= 4 is 40.1 Å². The molecule has 2 saturated heterocycles. The quantitative estimate of drug-likeness (QED) is 0.431. The first-order valence-corrected chi connectivity index (χ1v) is 7.54. The van der Waals surface area contributed by atoms with Gasteiger partial charge in [0, 0.05) is 4.47 Å². The Balaban J connectivity index is 1.54. The van der Waals surface area contributed by atoms with E-state index < -0.39 is 30.3 Å². The zero-order chi connectivity index (χ0) is 16.4. The van der Waals surface area contributed by atoms with E-state index in [-0.39, 0.29) is 6.54 Å². The molecule has 2 heterocycles. The fourth-order valence-electron chi connectivity index (χ4n) is 2.28. The second-order valence-electron chi connectivity index (χ2n) is 4.96. The number of halogens is 1. The lowest BCUT2D eigenvalue weighted by Crippen LogP contribution is -2.47. The Labute approximate surface area is 139 Å². The van der Waals surface area contributed by atoms with E-state index in [1.165, 1.54) is 11.1 Å². The van der Waals surface area contributed by atoms with E-state index >= 15 is 0 Å². The fourth-order valence-corrected chi connectivity index (χ4v) is 2.55. The average Bonchev–Trinajstić information content (AvgIpc) is 2.98. The smallest absolute Gasteiger partial charge is 0.314 e. The number of amides is 5. The van der Waals surface area contributed by atoms with Crippen LogP contribution in [-0.4, -0.2) is 48.0 Å². The number of hydrogen-bond donors (Lipinski definition) is 4. The fraction of sp³-hybridized carbons (Fsp3) is 0.231. The Morgan fingerprint density at radius 1 is 1.26 bits per heavy atom. The first-order valence-electron chi connectivity index (χ1n) is 6.74. The first kappa shape index (κ1) is 15.3. The molecule has 0 aromatic heterocycles. The van der Waals surface area contributed by atoms with Crippen LogP contribution in [0, 0.1) is 0 Å². The number of urea groups is 2. The van der Waals surface area contributed by atoms with Crippen molar-refractivity contribution in [1.82, 2.24) is 26.3 Å². The molecule has 0 spiro atoms. The molecule has 9 nitrogen and oxygen atoms in total. The summed E-state index contributed by atoms with van der Waals surface area (Å²) in [7, 11) is 0. The molecule has 2 unspecified atom stereocenters. The van der Waals surface area contributed by atoms with Gasteiger partial charge in [0.15, 0.2) is 0 Å². The molecule has 0 radical (unpaired) electrons. The van der Waals surface area contributed by atoms with Crippen LogP contribution in [0.4, 0.5) is 9.59 Å². The van der Waals surface area contributed by atoms with Gasteiger partial charge < -0.3 is 16.0 Å². The summed E-state index contributed by atoms with van der Waals surface area (Å²) >= 11 is 3.33. The number of hydrogen-bond acceptors (Lipinski definition) is 4. The lowest BCUT2D eigenvalue weighted by molar-refractivity contribution is -0.121. The number of nitrogens with zero attached hydrogens (tertiary/aromatic N) is 2. The van der Waals surface area contributed by atoms with Gasteiger partial charge in [0.05, 0.1) is 6.21 Å². The minimum absolute atomic E-state index is 0.216. The van der Waals surface area contributed by atoms with E-state index in [1.807, 2.05) is 24.3 Å². The van der Waals surface area contributed by atoms with Crippen molar-refractivity contribution < 1.29 is 14.4 Å². The van der Waals surface area contributed by atoms with Crippen molar-refractivity contribution in [2.45, 2.75) is 12.3 Å². The molecule has 120 valence electrons. The Kier molecular flexibility index (Phi) is 4.15. The van der Waals surface area contributed by atoms with Crippen LogP contribution < -0.4 is 21.4 Å². The zero-order valence-electron chi connectivity index (χ0n) is 11.7. The average molecular weight is 381 g/mol. The van der Waals surface area contributed by atoms with Crippen LogP contribution in [0.25, 0.3) is 0 Å². The molecule has 3 rings (SSSR count). The van der Waals surface area contributed by atoms with Gasteiger partial charge in [0.2, 0.25) is 0 Å². The molecule has 2 atom stereocenters. The van der Waals surface area contributed by atoms with Crippen molar-refractivity contribution in [2.75, 3.05) is 6.54 Å². The van der Waals surface area contributed by atoms with Gasteiger partial charge in [0.25, 0.3) is 5.91 Å². The maximum Gasteiger partial charge on any atom is 0.321 e. The summed E-state index contributed by atoms with van der Waals surface area (Å²) in [4.78, 5) is 36.1. The van der Waals surface area contributed by atoms with Crippen molar-refractivity contribution in [3.05, 3.63) is 34.3 Å². The van der Waals surface area contributed by atoms with Crippen molar-refractivity contribution in [3.8, 4) is 0 Å². The predicted molar refractivity (Wildman–Crippen MR) is 84.4 cm³/mol. The Morgan fingerprint density at radius 3 is 2.74 bits per heavy atom. The van der Waals surface area contributed by atoms with Crippen LogP contribution >= 0.6 is 15.9 Å². The normalized spacial score (nSPS) is 22.6. The maximum atomic E-state index is 11.9. The van der Waals surface area contributed by atoms with Crippen LogP contribution in [0.2, 0.25) is 0 Å². The van der Waals surface area contributed by atoms with Crippen LogP contribution in [0.3, 0.4) is 0 Å². The summed E-state index contributed by atoms with van der Waals surface area (Å²) in [6.45, 7) is -0.216. The molecule has 4 N–H and O–H groups in total. The van der Waals surface area contributed by atoms with Gasteiger partial charge in [-0.15, -0.1) is 0 Å². The third-order valence-corrected chi connectivity index (χ3v) is 3.87. The van der Waals surface area contributed by atoms with E-state index in [1.54, 1.807) is 0 Å². The van der Waals surface area contributed by atoms with Crippen molar-refractivity contribution in [3.63, 3.8) is 0 Å². The lowest BCUT2D eigenvalue weighted by Gasteiger charge is -2.19. The molecule has 1 aromatic carbocycles. The molecular weight excluding hydrogens is 368 g/mol. The molecule has 0 aliphatic carbocycles. The van der Waals surface area contributed by atoms with Gasteiger partial charge in [-0.1, -0.05) is 28.1 Å². The predicted octanol–water partition coefficient (Wildman–Crippen LogP) is -0.111. The highest BCUT2D eigenvalue weighted by Crippen LogP contribution is 2.13. The zero-order valence-corrected chi connectivity index (χ0v) is 13.3. The van der Waals surface area contributed by atoms with Gasteiger partial charge in [-0.3, -0.25) is 9.69 Å². The standard InChI is InChI=1S/C13H13BrN6O3/c14-8-3-1-7(2-4-8)5-15-19-9(21)6-20-11-10(17-13(20)23)16-12(22)18-11/h1-5,10-11H,6H2,(H,17,23)(H,19,21)(H2,16,18,22)/b15-5+. The summed E-state index contributed by atoms with van der Waals surface area (Å²) < 4.78 is 0.945. The van der Waals surface area contributed by atoms with E-state index in [0.717, 1.165) is 10.0 Å². The van der Waals surface area contributed by atoms with Crippen molar-refractivity contribution in [1.29, 1.82) is 0 Å². The summed E-state index contributed by atoms with van der Waals surface area (Å²) in [6, 6.07) is 6.55. The molecule has 1 aromatic rings. The Bertz CT molecular complexity index is 677. The third kappa shape index (κ3) is 3.42. The molecule has 0 bridgehead atoms. The first-order chi connectivity index (χ1) is 11.0. The van der Waals surface area contributed by atoms with E-state index in [9.17, 15) is 14.4 Å². The largest absolute Gasteiger partial charge is 0.321 e. The SMILES string of the molecule is O=C(CN1C(=O)NC2NC(=O)NC21)N/N=C/c1ccc(Br)cc1. The third-order valence-electron chi connectivity index (χ3n) is 3.34. The molecule has 0 saturated carbocycles. The highest BCUT2D eigenvalue weighted by Gasteiger charge is 2.45. The minimum atomic E-state index is -0.587. The van der Waals surface area contributed by atoms with Gasteiger partial charge in [0.1, 0.15) is 18.9 Å². The molecule has 23 heavy (non-hydrogen) atoms. The molecule has 10 heteroatoms. The highest BCUT2D eigenvalue weighted by atomic mass is 79.9. The maximum absolute atomic E-state index is 11.9. The van der Waals surface area contributed by atoms with Crippen LogP contribution in [-0.2, 0) is 4.79 Å². The lowest BCUT2D eigenvalue weighted by atomic mass is 10.2. The number of carbonyl (C=O) groups excluding carboxylic acids is 3. The summed E-state index contributed by atoms with van der Waals surface area (Å²) in [5.41, 5.74) is 3.17. The number of nitrogens with one attached hydrogen (secondary N) is 4. The second kappa shape index (κ2) is 6.24. The summed E-state index contributed by atoms with van der Waals surface area (Å²) in [6.07, 6.45) is 0.376. The summed E-state index contributed by atoms with van der Waals surface area (Å²) in [5.74, 6) is -0.463. The molecule has 2 aliphatic heterocycles. The number of fused-ring (bicyclic) bond motifs is 1. The van der Waals surface area contributed by atoms with Gasteiger partial charge in [-0.05, 0) is 17.7 Å². The highest BCUT2D eigenvalue weighted by molar-refractivity contribution is 9.10. The number of rotatable bonds is 4. The topological polar surface area (TPSA) is 115 Å². The number of benzene rings is 1. The molecular formula is C13H13BrN6O3. The molecule has 2 fully saturated rings. The molecule has 5 amide bonds. The number of carbonyl (C=O) groups is 3. The number of hydrazone groups is 1. The Hall–Kier alpha value is -2.62. The van der Waals surface area contributed by atoms with E-state index in [2.05, 4.69) is 42.4 Å². The van der Waals surface area contributed by atoms with Gasteiger partial charge >= 0.3 is 12.1 Å². The molecule has 2 aliphatic rings. The van der Waals surface area contributed by atoms with Crippen LogP contribution in [0.5, 0.6) is 0 Å². The van der Waals surface area contributed by atoms with Crippen molar-refractivity contribution in [2.24, 2.45) is 5.10 Å².